The van der Waals surface area contributed by atoms with E-state index in [4.69, 9.17) is 14.3 Å². The molecule has 3 N–H and O–H groups in total. The number of nitrogens with one attached hydrogen (secondary N) is 2. The molecule has 0 saturated heterocycles. The minimum atomic E-state index is -4.38. The number of benzene rings is 2. The van der Waals surface area contributed by atoms with Crippen molar-refractivity contribution in [2.75, 3.05) is 11.8 Å². The predicted molar refractivity (Wildman–Crippen MR) is 136 cm³/mol. The molecular weight excluding hydrogens is 502 g/mol. The lowest BCUT2D eigenvalue weighted by Gasteiger charge is -2.21. The van der Waals surface area contributed by atoms with Crippen LogP contribution < -0.4 is 10.0 Å². The van der Waals surface area contributed by atoms with Crippen LogP contribution in [-0.4, -0.2) is 36.9 Å². The van der Waals surface area contributed by atoms with E-state index in [9.17, 15) is 18.0 Å². The quantitative estimate of drug-likeness (QED) is 0.196. The van der Waals surface area contributed by atoms with Crippen molar-refractivity contribution >= 4 is 39.2 Å². The minimum absolute atomic E-state index is 0.201. The Bertz CT molecular complexity index is 1310. The fourth-order valence-corrected chi connectivity index (χ4v) is 5.33. The Labute approximate surface area is 213 Å². The van der Waals surface area contributed by atoms with E-state index in [0.29, 0.717) is 18.0 Å². The molecule has 36 heavy (non-hydrogen) atoms. The third kappa shape index (κ3) is 7.12. The molecule has 1 aromatic heterocycles. The van der Waals surface area contributed by atoms with E-state index in [1.807, 2.05) is 40.4 Å². The van der Waals surface area contributed by atoms with E-state index in [-0.39, 0.29) is 12.1 Å². The van der Waals surface area contributed by atoms with Crippen molar-refractivity contribution in [2.45, 2.75) is 37.6 Å². The maximum Gasteiger partial charge on any atom is 0.357 e. The molecule has 1 fully saturated rings. The molecule has 0 spiro atoms. The van der Waals surface area contributed by atoms with Gasteiger partial charge in [-0.1, -0.05) is 42.5 Å². The molecule has 3 aromatic rings. The molecule has 0 bridgehead atoms. The number of hydrogen-bond acceptors (Lipinski definition) is 7. The maximum atomic E-state index is 13.3. The van der Waals surface area contributed by atoms with Crippen LogP contribution in [0.25, 0.3) is 0 Å². The van der Waals surface area contributed by atoms with E-state index in [0.717, 1.165) is 29.0 Å². The summed E-state index contributed by atoms with van der Waals surface area (Å²) in [5, 5.41) is 5.96. The zero-order valence-corrected chi connectivity index (χ0v) is 21.2. The zero-order chi connectivity index (χ0) is 25.7. The summed E-state index contributed by atoms with van der Waals surface area (Å²) >= 11 is 1.56. The first-order valence-corrected chi connectivity index (χ1v) is 13.8. The van der Waals surface area contributed by atoms with Crippen LogP contribution in [0.3, 0.4) is 0 Å². The highest BCUT2D eigenvalue weighted by atomic mass is 32.2. The average Bonchev–Trinajstić information content (AvgIpc) is 3.59. The molecule has 1 aliphatic rings. The Balaban J connectivity index is 1.55. The van der Waals surface area contributed by atoms with Crippen molar-refractivity contribution in [3.05, 3.63) is 81.8 Å². The van der Waals surface area contributed by atoms with Gasteiger partial charge in [0.2, 0.25) is 5.91 Å². The summed E-state index contributed by atoms with van der Waals surface area (Å²) in [6.45, 7) is 0. The van der Waals surface area contributed by atoms with Gasteiger partial charge in [0.05, 0.1) is 29.5 Å². The molecule has 1 heterocycles. The van der Waals surface area contributed by atoms with E-state index < -0.39 is 34.1 Å². The summed E-state index contributed by atoms with van der Waals surface area (Å²) in [4.78, 5) is 30.6. The fourth-order valence-electron chi connectivity index (χ4n) is 3.85. The number of amides is 1. The van der Waals surface area contributed by atoms with Crippen molar-refractivity contribution in [3.63, 3.8) is 0 Å². The zero-order valence-electron chi connectivity index (χ0n) is 19.6. The summed E-state index contributed by atoms with van der Waals surface area (Å²) in [6, 6.07) is 15.2. The topological polar surface area (TPSA) is 135 Å². The largest absolute Gasteiger partial charge is 0.468 e. The number of carbonyl (C=O) groups is 2. The molecule has 2 atom stereocenters. The molecule has 2 aromatic carbocycles. The van der Waals surface area contributed by atoms with Crippen LogP contribution in [0.1, 0.15) is 46.6 Å². The van der Waals surface area contributed by atoms with Crippen LogP contribution in [-0.2, 0) is 37.5 Å². The second-order valence-corrected chi connectivity index (χ2v) is 10.7. The van der Waals surface area contributed by atoms with Crippen LogP contribution in [0.5, 0.6) is 0 Å². The molecule has 0 radical (unpaired) electrons. The van der Waals surface area contributed by atoms with Gasteiger partial charge < -0.3 is 10.1 Å². The Morgan fingerprint density at radius 1 is 1.08 bits per heavy atom. The molecule has 190 valence electrons. The third-order valence-electron chi connectivity index (χ3n) is 5.87. The Morgan fingerprint density at radius 3 is 2.36 bits per heavy atom. The Morgan fingerprint density at radius 2 is 1.75 bits per heavy atom. The first-order chi connectivity index (χ1) is 17.2. The van der Waals surface area contributed by atoms with Crippen molar-refractivity contribution in [1.29, 1.82) is 0 Å². The lowest BCUT2D eigenvalue weighted by Crippen LogP contribution is -2.40. The van der Waals surface area contributed by atoms with Gasteiger partial charge in [-0.05, 0) is 48.9 Å². The first kappa shape index (κ1) is 25.8. The highest BCUT2D eigenvalue weighted by molar-refractivity contribution is 7.87. The van der Waals surface area contributed by atoms with Gasteiger partial charge in [-0.25, -0.2) is 4.98 Å². The fraction of sp³-hybridized carbons (Fsp3) is 0.320. The predicted octanol–water partition coefficient (Wildman–Crippen LogP) is 3.67. The van der Waals surface area contributed by atoms with Crippen LogP contribution >= 0.6 is 11.3 Å². The molecule has 11 heteroatoms. The Kier molecular flexibility index (Phi) is 8.02. The molecule has 1 aliphatic carbocycles. The van der Waals surface area contributed by atoms with E-state index in [1.54, 1.807) is 23.5 Å². The van der Waals surface area contributed by atoms with Gasteiger partial charge in [0.1, 0.15) is 5.92 Å². The number of anilines is 1. The number of aromatic nitrogens is 1. The van der Waals surface area contributed by atoms with Gasteiger partial charge in [0, 0.05) is 11.3 Å². The van der Waals surface area contributed by atoms with Gasteiger partial charge >= 0.3 is 16.3 Å². The number of rotatable bonds is 11. The summed E-state index contributed by atoms with van der Waals surface area (Å²) in [7, 11) is -3.12. The second-order valence-electron chi connectivity index (χ2n) is 8.69. The van der Waals surface area contributed by atoms with Crippen LogP contribution in [0, 0.1) is 5.92 Å². The molecule has 1 saturated carbocycles. The molecule has 4 rings (SSSR count). The van der Waals surface area contributed by atoms with Crippen LogP contribution in [0.15, 0.2) is 60.0 Å². The monoisotopic (exact) mass is 529 g/mol. The number of methoxy groups -OCH3 is 1. The van der Waals surface area contributed by atoms with Crippen molar-refractivity contribution < 1.29 is 27.3 Å². The highest BCUT2D eigenvalue weighted by Gasteiger charge is 2.32. The summed E-state index contributed by atoms with van der Waals surface area (Å²) < 4.78 is 38.0. The number of ether oxygens (including phenoxy) is 1. The molecule has 9 nitrogen and oxygen atoms in total. The molecular formula is C25H27N3O6S2. The van der Waals surface area contributed by atoms with Crippen molar-refractivity contribution in [1.82, 2.24) is 10.3 Å². The smallest absolute Gasteiger partial charge is 0.357 e. The van der Waals surface area contributed by atoms with Gasteiger partial charge in [-0.15, -0.1) is 11.3 Å². The highest BCUT2D eigenvalue weighted by Crippen LogP contribution is 2.42. The maximum absolute atomic E-state index is 13.3. The SMILES string of the molecule is COC(=O)[C@@H](Cc1ccccc1)C(=O)N[C@@H](Cc1ccc(NS(=O)(=O)O)cc1)c1csc(C2CC2)n1. The molecule has 0 unspecified atom stereocenters. The van der Waals surface area contributed by atoms with Gasteiger partial charge in [-0.3, -0.25) is 18.9 Å². The number of hydrogen-bond donors (Lipinski definition) is 3. The summed E-state index contributed by atoms with van der Waals surface area (Å²) in [6.07, 6.45) is 2.78. The third-order valence-corrected chi connectivity index (χ3v) is 7.38. The van der Waals surface area contributed by atoms with E-state index >= 15 is 0 Å². The first-order valence-electron chi connectivity index (χ1n) is 11.4. The van der Waals surface area contributed by atoms with Crippen molar-refractivity contribution in [2.24, 2.45) is 5.92 Å². The van der Waals surface area contributed by atoms with Gasteiger partial charge in [0.15, 0.2) is 0 Å². The number of carbonyl (C=O) groups excluding carboxylic acids is 2. The normalized spacial score (nSPS) is 15.1. The lowest BCUT2D eigenvalue weighted by molar-refractivity contribution is -0.150. The minimum Gasteiger partial charge on any atom is -0.468 e. The molecule has 1 amide bonds. The van der Waals surface area contributed by atoms with Crippen LogP contribution in [0.2, 0.25) is 0 Å². The molecule has 0 aliphatic heterocycles. The van der Waals surface area contributed by atoms with Crippen molar-refractivity contribution in [3.8, 4) is 0 Å². The van der Waals surface area contributed by atoms with E-state index in [1.165, 1.54) is 19.2 Å². The lowest BCUT2D eigenvalue weighted by atomic mass is 9.97. The number of thiazole rings is 1. The summed E-state index contributed by atoms with van der Waals surface area (Å²) in [5.74, 6) is -1.64. The van der Waals surface area contributed by atoms with Gasteiger partial charge in [-0.2, -0.15) is 8.42 Å². The number of nitrogens with zero attached hydrogens (tertiary/aromatic N) is 1. The van der Waals surface area contributed by atoms with Crippen LogP contribution in [0.4, 0.5) is 5.69 Å². The average molecular weight is 530 g/mol. The second kappa shape index (κ2) is 11.2. The summed E-state index contributed by atoms with van der Waals surface area (Å²) in [5.41, 5.74) is 2.56. The number of esters is 1. The van der Waals surface area contributed by atoms with Gasteiger partial charge in [0.25, 0.3) is 0 Å². The van der Waals surface area contributed by atoms with E-state index in [2.05, 4.69) is 5.32 Å². The standard InChI is InChI=1S/C25H27N3O6S2/c1-34-25(30)20(13-16-5-3-2-4-6-16)23(29)26-21(22-15-35-24(27-22)18-9-10-18)14-17-7-11-19(12-8-17)28-36(31,32)33/h2-8,11-12,15,18,20-21,28H,9-10,13-14H2,1H3,(H,26,29)(H,31,32,33)/t20-,21-/m0/s1. The Hall–Kier alpha value is -3.28.